The van der Waals surface area contributed by atoms with Crippen LogP contribution in [-0.2, 0) is 11.2 Å². The van der Waals surface area contributed by atoms with Crippen molar-refractivity contribution in [3.63, 3.8) is 0 Å². The monoisotopic (exact) mass is 431 g/mol. The number of hydrogen-bond acceptors (Lipinski definition) is 3. The van der Waals surface area contributed by atoms with Crippen LogP contribution in [-0.4, -0.2) is 17.5 Å². The molecule has 5 heteroatoms. The van der Waals surface area contributed by atoms with Crippen LogP contribution in [0, 0.1) is 0 Å². The summed E-state index contributed by atoms with van der Waals surface area (Å²) in [7, 11) is 0. The number of benzene rings is 2. The highest BCUT2D eigenvalue weighted by atomic mass is 79.9. The van der Waals surface area contributed by atoms with Gasteiger partial charge >= 0.3 is 5.97 Å². The van der Waals surface area contributed by atoms with Gasteiger partial charge in [-0.2, -0.15) is 0 Å². The van der Waals surface area contributed by atoms with E-state index in [0.29, 0.717) is 16.8 Å². The van der Waals surface area contributed by atoms with Crippen LogP contribution in [0.2, 0.25) is 0 Å². The summed E-state index contributed by atoms with van der Waals surface area (Å²) >= 11 is 3.56. The molecule has 0 aliphatic heterocycles. The summed E-state index contributed by atoms with van der Waals surface area (Å²) in [5.74, 6) is -0.702. The summed E-state index contributed by atoms with van der Waals surface area (Å²) in [4.78, 5) is 25.5. The standard InChI is InChI=1S/C22H26BrNO3/c1-5-6-12-16-18(23)14-13-17(21(26)27-22(2,3)4)19(16)24-20(25)15-10-8-7-9-11-15/h7-11,13-14H,5-6,12H2,1-4H3,(H,24,25). The van der Waals surface area contributed by atoms with Crippen molar-refractivity contribution in [2.45, 2.75) is 52.6 Å². The number of esters is 1. The molecule has 0 fully saturated rings. The smallest absolute Gasteiger partial charge is 0.340 e. The Morgan fingerprint density at radius 3 is 2.33 bits per heavy atom. The molecule has 2 rings (SSSR count). The first kappa shape index (κ1) is 21.2. The van der Waals surface area contributed by atoms with E-state index in [0.717, 1.165) is 29.3 Å². The third-order valence-electron chi connectivity index (χ3n) is 3.93. The average molecular weight is 432 g/mol. The molecular weight excluding hydrogens is 406 g/mol. The number of rotatable bonds is 6. The molecule has 144 valence electrons. The van der Waals surface area contributed by atoms with Gasteiger partial charge in [0.1, 0.15) is 5.60 Å². The van der Waals surface area contributed by atoms with Gasteiger partial charge in [-0.1, -0.05) is 47.5 Å². The highest BCUT2D eigenvalue weighted by Gasteiger charge is 2.24. The van der Waals surface area contributed by atoms with Crippen LogP contribution in [0.5, 0.6) is 0 Å². The van der Waals surface area contributed by atoms with E-state index >= 15 is 0 Å². The number of nitrogens with one attached hydrogen (secondary N) is 1. The van der Waals surface area contributed by atoms with Gasteiger partial charge in [0.15, 0.2) is 0 Å². The van der Waals surface area contributed by atoms with Gasteiger partial charge in [-0.05, 0) is 63.4 Å². The molecule has 0 aliphatic carbocycles. The van der Waals surface area contributed by atoms with E-state index in [1.807, 2.05) is 45.0 Å². The zero-order chi connectivity index (χ0) is 20.0. The second-order valence-corrected chi connectivity index (χ2v) is 8.23. The fraction of sp³-hybridized carbons (Fsp3) is 0.364. The van der Waals surface area contributed by atoms with Crippen LogP contribution in [0.4, 0.5) is 5.69 Å². The minimum Gasteiger partial charge on any atom is -0.456 e. The van der Waals surface area contributed by atoms with Gasteiger partial charge in [0.05, 0.1) is 11.3 Å². The van der Waals surface area contributed by atoms with Gasteiger partial charge in [0.2, 0.25) is 0 Å². The van der Waals surface area contributed by atoms with Crippen molar-refractivity contribution in [3.8, 4) is 0 Å². The Hall–Kier alpha value is -2.14. The van der Waals surface area contributed by atoms with Crippen LogP contribution in [0.25, 0.3) is 0 Å². The van der Waals surface area contributed by atoms with Crippen molar-refractivity contribution in [1.82, 2.24) is 0 Å². The maximum atomic E-state index is 12.7. The first-order chi connectivity index (χ1) is 12.7. The topological polar surface area (TPSA) is 55.4 Å². The first-order valence-corrected chi connectivity index (χ1v) is 9.93. The van der Waals surface area contributed by atoms with E-state index in [1.54, 1.807) is 18.2 Å². The minimum atomic E-state index is -0.617. The number of carbonyl (C=O) groups is 2. The molecule has 0 aromatic heterocycles. The number of anilines is 1. The van der Waals surface area contributed by atoms with E-state index in [1.165, 1.54) is 0 Å². The van der Waals surface area contributed by atoms with Gasteiger partial charge in [-0.3, -0.25) is 4.79 Å². The quantitative estimate of drug-likeness (QED) is 0.570. The summed E-state index contributed by atoms with van der Waals surface area (Å²) in [6.45, 7) is 7.58. The van der Waals surface area contributed by atoms with E-state index in [9.17, 15) is 9.59 Å². The van der Waals surface area contributed by atoms with Crippen molar-refractivity contribution >= 4 is 33.5 Å². The Kier molecular flexibility index (Phi) is 7.19. The van der Waals surface area contributed by atoms with Crippen molar-refractivity contribution < 1.29 is 14.3 Å². The van der Waals surface area contributed by atoms with Gasteiger partial charge in [-0.25, -0.2) is 4.79 Å². The fourth-order valence-corrected chi connectivity index (χ4v) is 3.17. The molecule has 1 N–H and O–H groups in total. The number of carbonyl (C=O) groups excluding carboxylic acids is 2. The zero-order valence-electron chi connectivity index (χ0n) is 16.3. The molecule has 0 saturated heterocycles. The molecule has 0 radical (unpaired) electrons. The average Bonchev–Trinajstić information content (AvgIpc) is 2.60. The molecule has 2 aromatic rings. The van der Waals surface area contributed by atoms with Gasteiger partial charge in [-0.15, -0.1) is 0 Å². The van der Waals surface area contributed by atoms with Crippen molar-refractivity contribution in [2.75, 3.05) is 5.32 Å². The Morgan fingerprint density at radius 1 is 1.07 bits per heavy atom. The molecule has 0 atom stereocenters. The normalized spacial score (nSPS) is 11.1. The molecule has 1 amide bonds. The largest absolute Gasteiger partial charge is 0.456 e. The minimum absolute atomic E-state index is 0.253. The number of ether oxygens (including phenoxy) is 1. The Morgan fingerprint density at radius 2 is 1.74 bits per heavy atom. The van der Waals surface area contributed by atoms with E-state index in [4.69, 9.17) is 4.74 Å². The lowest BCUT2D eigenvalue weighted by Crippen LogP contribution is -2.25. The second kappa shape index (κ2) is 9.18. The predicted octanol–water partition coefficient (Wildman–Crippen LogP) is 6.00. The van der Waals surface area contributed by atoms with Gasteiger partial charge in [0, 0.05) is 10.0 Å². The second-order valence-electron chi connectivity index (χ2n) is 7.37. The van der Waals surface area contributed by atoms with Gasteiger partial charge in [0.25, 0.3) is 5.91 Å². The van der Waals surface area contributed by atoms with E-state index in [-0.39, 0.29) is 5.91 Å². The van der Waals surface area contributed by atoms with Gasteiger partial charge < -0.3 is 10.1 Å². The molecular formula is C22H26BrNO3. The van der Waals surface area contributed by atoms with Crippen LogP contribution >= 0.6 is 15.9 Å². The Labute approximate surface area is 169 Å². The van der Waals surface area contributed by atoms with Crippen molar-refractivity contribution in [2.24, 2.45) is 0 Å². The number of hydrogen-bond donors (Lipinski definition) is 1. The lowest BCUT2D eigenvalue weighted by Gasteiger charge is -2.22. The molecule has 0 spiro atoms. The third-order valence-corrected chi connectivity index (χ3v) is 4.67. The highest BCUT2D eigenvalue weighted by Crippen LogP contribution is 2.32. The summed E-state index contributed by atoms with van der Waals surface area (Å²) in [5, 5.41) is 2.94. The number of unbranched alkanes of at least 4 members (excludes halogenated alkanes) is 1. The van der Waals surface area contributed by atoms with Crippen LogP contribution in [0.15, 0.2) is 46.9 Å². The molecule has 2 aromatic carbocycles. The summed E-state index contributed by atoms with van der Waals surface area (Å²) in [6, 6.07) is 12.5. The Balaban J connectivity index is 2.47. The summed E-state index contributed by atoms with van der Waals surface area (Å²) in [6.07, 6.45) is 2.71. The van der Waals surface area contributed by atoms with Crippen LogP contribution < -0.4 is 5.32 Å². The molecule has 4 nitrogen and oxygen atoms in total. The van der Waals surface area contributed by atoms with Crippen LogP contribution in [0.1, 0.15) is 66.8 Å². The molecule has 0 heterocycles. The number of amides is 1. The summed E-state index contributed by atoms with van der Waals surface area (Å²) < 4.78 is 6.41. The maximum absolute atomic E-state index is 12.7. The van der Waals surface area contributed by atoms with E-state index in [2.05, 4.69) is 28.2 Å². The molecule has 27 heavy (non-hydrogen) atoms. The molecule has 0 aliphatic rings. The maximum Gasteiger partial charge on any atom is 0.340 e. The first-order valence-electron chi connectivity index (χ1n) is 9.14. The lowest BCUT2D eigenvalue weighted by molar-refractivity contribution is 0.00706. The molecule has 0 bridgehead atoms. The summed E-state index contributed by atoms with van der Waals surface area (Å²) in [5.41, 5.74) is 1.71. The SMILES string of the molecule is CCCCc1c(Br)ccc(C(=O)OC(C)(C)C)c1NC(=O)c1ccccc1. The molecule has 0 unspecified atom stereocenters. The highest BCUT2D eigenvalue weighted by molar-refractivity contribution is 9.10. The van der Waals surface area contributed by atoms with Crippen molar-refractivity contribution in [1.29, 1.82) is 0 Å². The lowest BCUT2D eigenvalue weighted by atomic mass is 10.0. The predicted molar refractivity (Wildman–Crippen MR) is 112 cm³/mol. The molecule has 0 saturated carbocycles. The van der Waals surface area contributed by atoms with Crippen LogP contribution in [0.3, 0.4) is 0 Å². The fourth-order valence-electron chi connectivity index (χ4n) is 2.64. The van der Waals surface area contributed by atoms with E-state index < -0.39 is 11.6 Å². The third kappa shape index (κ3) is 5.93. The number of halogens is 1. The van der Waals surface area contributed by atoms with Crippen molar-refractivity contribution in [3.05, 3.63) is 63.6 Å². The Bertz CT molecular complexity index is 810. The zero-order valence-corrected chi connectivity index (χ0v) is 17.9.